The summed E-state index contributed by atoms with van der Waals surface area (Å²) in [4.78, 5) is 0. The highest BCUT2D eigenvalue weighted by atomic mass is 28.4. The molecule has 1 nitrogen and oxygen atoms in total. The van der Waals surface area contributed by atoms with Gasteiger partial charge in [0.15, 0.2) is 0 Å². The Morgan fingerprint density at radius 1 is 0.424 bits per heavy atom. The van der Waals surface area contributed by atoms with Crippen molar-refractivity contribution in [2.24, 2.45) is 0 Å². The average Bonchev–Trinajstić information content (AvgIpc) is 2.81. The van der Waals surface area contributed by atoms with Crippen molar-refractivity contribution in [1.29, 1.82) is 0 Å². The summed E-state index contributed by atoms with van der Waals surface area (Å²) in [6.45, 7) is 15.9. The zero-order valence-corrected chi connectivity index (χ0v) is 26.6. The molecule has 0 N–H and O–H groups in total. The van der Waals surface area contributed by atoms with E-state index in [1.807, 2.05) is 0 Å². The number of nitrogens with zero attached hydrogens (tertiary/aromatic N) is 1. The first-order valence-electron chi connectivity index (χ1n) is 15.9. The smallest absolute Gasteiger partial charge is 0.121 e. The third-order valence-corrected chi connectivity index (χ3v) is 19.4. The molecule has 0 unspecified atom stereocenters. The van der Waals surface area contributed by atoms with Crippen molar-refractivity contribution in [1.82, 2.24) is 4.23 Å². The second-order valence-corrected chi connectivity index (χ2v) is 19.3. The minimum atomic E-state index is -1.38. The Kier molecular flexibility index (Phi) is 24.4. The van der Waals surface area contributed by atoms with E-state index >= 15 is 0 Å². The van der Waals surface area contributed by atoms with Crippen LogP contribution in [0, 0.1) is 0 Å². The van der Waals surface area contributed by atoms with Crippen LogP contribution < -0.4 is 0 Å². The molecule has 0 atom stereocenters. The molecule has 0 aromatic rings. The van der Waals surface area contributed by atoms with Gasteiger partial charge in [0, 0.05) is 0 Å². The zero-order chi connectivity index (χ0) is 24.6. The fourth-order valence-electron chi connectivity index (χ4n) is 5.97. The van der Waals surface area contributed by atoms with Gasteiger partial charge in [-0.2, -0.15) is 0 Å². The summed E-state index contributed by atoms with van der Waals surface area (Å²) in [5.74, 6) is 0. The SMILES string of the molecule is CCCCCN([SiH](CCCCC)CCCCC)[Si](CCCCC)(CCCCC)CCCCC. The standard InChI is InChI=1S/C30H67NSi2/c1-7-13-19-25-31(32(26-20-14-8-2)27-21-15-9-3)33(28-22-16-10-4,29-23-17-11-5)30-24-18-12-6/h32H,7-30H2,1-6H3. The molecule has 0 aliphatic rings. The molecule has 0 aromatic heterocycles. The second-order valence-electron chi connectivity index (χ2n) is 11.1. The zero-order valence-electron chi connectivity index (χ0n) is 24.5. The largest absolute Gasteiger partial charge is 0.347 e. The van der Waals surface area contributed by atoms with Crippen LogP contribution in [0.15, 0.2) is 0 Å². The Hall–Kier alpha value is 0.394. The van der Waals surface area contributed by atoms with Crippen LogP contribution >= 0.6 is 0 Å². The molecule has 0 saturated heterocycles. The summed E-state index contributed by atoms with van der Waals surface area (Å²) in [5, 5.41) is 0. The molecular weight excluding hydrogens is 431 g/mol. The van der Waals surface area contributed by atoms with Gasteiger partial charge in [-0.3, -0.25) is 0 Å². The van der Waals surface area contributed by atoms with Crippen LogP contribution in [-0.2, 0) is 0 Å². The lowest BCUT2D eigenvalue weighted by atomic mass is 10.3. The highest BCUT2D eigenvalue weighted by Gasteiger charge is 2.41. The van der Waals surface area contributed by atoms with Gasteiger partial charge < -0.3 is 4.23 Å². The van der Waals surface area contributed by atoms with Gasteiger partial charge >= 0.3 is 0 Å². The molecule has 0 radical (unpaired) electrons. The van der Waals surface area contributed by atoms with E-state index in [4.69, 9.17) is 0 Å². The summed E-state index contributed by atoms with van der Waals surface area (Å²) in [7, 11) is -2.21. The highest BCUT2D eigenvalue weighted by Crippen LogP contribution is 2.36. The molecule has 0 aliphatic carbocycles. The molecule has 0 rings (SSSR count). The van der Waals surface area contributed by atoms with Crippen molar-refractivity contribution >= 4 is 17.2 Å². The predicted molar refractivity (Wildman–Crippen MR) is 161 cm³/mol. The summed E-state index contributed by atoms with van der Waals surface area (Å²) in [5.41, 5.74) is 0. The van der Waals surface area contributed by atoms with E-state index in [1.54, 1.807) is 30.2 Å². The van der Waals surface area contributed by atoms with Crippen molar-refractivity contribution in [3.8, 4) is 0 Å². The van der Waals surface area contributed by atoms with Gasteiger partial charge in [-0.15, -0.1) is 0 Å². The molecule has 200 valence electrons. The van der Waals surface area contributed by atoms with Crippen LogP contribution in [0.4, 0.5) is 0 Å². The van der Waals surface area contributed by atoms with Crippen molar-refractivity contribution < 1.29 is 0 Å². The van der Waals surface area contributed by atoms with Crippen molar-refractivity contribution in [2.75, 3.05) is 6.54 Å². The average molecular weight is 498 g/mol. The van der Waals surface area contributed by atoms with Gasteiger partial charge in [0.2, 0.25) is 0 Å². The van der Waals surface area contributed by atoms with Gasteiger partial charge in [0.25, 0.3) is 0 Å². The topological polar surface area (TPSA) is 3.24 Å². The van der Waals surface area contributed by atoms with E-state index < -0.39 is 17.2 Å². The molecule has 3 heteroatoms. The maximum Gasteiger partial charge on any atom is 0.121 e. The van der Waals surface area contributed by atoms with Crippen LogP contribution in [-0.4, -0.2) is 28.0 Å². The first kappa shape index (κ1) is 33.4. The van der Waals surface area contributed by atoms with Crippen molar-refractivity contribution in [3.05, 3.63) is 0 Å². The van der Waals surface area contributed by atoms with Gasteiger partial charge in [0.05, 0.1) is 0 Å². The van der Waals surface area contributed by atoms with Crippen LogP contribution in [0.25, 0.3) is 0 Å². The Balaban J connectivity index is 5.99. The molecule has 0 amide bonds. The van der Waals surface area contributed by atoms with E-state index in [0.29, 0.717) is 0 Å². The summed E-state index contributed by atoms with van der Waals surface area (Å²) >= 11 is 0. The Bertz CT molecular complexity index is 351. The lowest BCUT2D eigenvalue weighted by Gasteiger charge is -2.48. The molecule has 0 saturated carbocycles. The fraction of sp³-hybridized carbons (Fsp3) is 1.00. The summed E-state index contributed by atoms with van der Waals surface area (Å²) < 4.78 is 3.47. The molecule has 0 spiro atoms. The monoisotopic (exact) mass is 497 g/mol. The van der Waals surface area contributed by atoms with Gasteiger partial charge in [-0.1, -0.05) is 151 Å². The lowest BCUT2D eigenvalue weighted by molar-refractivity contribution is 0.525. The molecular formula is C30H67NSi2. The summed E-state index contributed by atoms with van der Waals surface area (Å²) in [6.07, 6.45) is 26.2. The normalized spacial score (nSPS) is 12.4. The van der Waals surface area contributed by atoms with E-state index in [1.165, 1.54) is 122 Å². The minimum absolute atomic E-state index is 0.839. The van der Waals surface area contributed by atoms with E-state index in [9.17, 15) is 0 Å². The van der Waals surface area contributed by atoms with E-state index in [2.05, 4.69) is 45.8 Å². The first-order chi connectivity index (χ1) is 16.2. The predicted octanol–water partition coefficient (Wildman–Crippen LogP) is 11.1. The number of hydrogen-bond acceptors (Lipinski definition) is 1. The maximum absolute atomic E-state index is 3.47. The molecule has 0 fully saturated rings. The third kappa shape index (κ3) is 15.9. The maximum atomic E-state index is 3.47. The third-order valence-electron chi connectivity index (χ3n) is 8.07. The van der Waals surface area contributed by atoms with Gasteiger partial charge in [0.1, 0.15) is 17.2 Å². The first-order valence-corrected chi connectivity index (χ1v) is 20.6. The summed E-state index contributed by atoms with van der Waals surface area (Å²) in [6, 6.07) is 8.13. The van der Waals surface area contributed by atoms with E-state index in [-0.39, 0.29) is 0 Å². The minimum Gasteiger partial charge on any atom is -0.347 e. The number of hydrogen-bond donors (Lipinski definition) is 0. The van der Waals surface area contributed by atoms with Gasteiger partial charge in [-0.25, -0.2) is 0 Å². The van der Waals surface area contributed by atoms with Crippen LogP contribution in [0.2, 0.25) is 30.2 Å². The molecule has 0 aliphatic heterocycles. The van der Waals surface area contributed by atoms with Crippen LogP contribution in [0.3, 0.4) is 0 Å². The highest BCUT2D eigenvalue weighted by molar-refractivity contribution is 6.85. The fourth-order valence-corrected chi connectivity index (χ4v) is 19.0. The van der Waals surface area contributed by atoms with Crippen molar-refractivity contribution in [2.45, 2.75) is 187 Å². The van der Waals surface area contributed by atoms with Crippen LogP contribution in [0.5, 0.6) is 0 Å². The van der Waals surface area contributed by atoms with Crippen molar-refractivity contribution in [3.63, 3.8) is 0 Å². The molecule has 33 heavy (non-hydrogen) atoms. The Morgan fingerprint density at radius 2 is 0.758 bits per heavy atom. The molecule has 0 heterocycles. The quantitative estimate of drug-likeness (QED) is 0.0848. The van der Waals surface area contributed by atoms with E-state index in [0.717, 1.165) is 0 Å². The molecule has 0 aromatic carbocycles. The Labute approximate surface area is 215 Å². The second kappa shape index (κ2) is 24.1. The number of unbranched alkanes of at least 4 members (excludes halogenated alkanes) is 12. The number of rotatable bonds is 26. The Morgan fingerprint density at radius 3 is 1.12 bits per heavy atom. The molecule has 0 bridgehead atoms. The lowest BCUT2D eigenvalue weighted by Crippen LogP contribution is -2.60. The van der Waals surface area contributed by atoms with Crippen LogP contribution in [0.1, 0.15) is 157 Å². The van der Waals surface area contributed by atoms with Gasteiger partial charge in [-0.05, 0) is 43.2 Å².